The highest BCUT2D eigenvalue weighted by atomic mass is 16.5. The van der Waals surface area contributed by atoms with Gasteiger partial charge in [0.25, 0.3) is 0 Å². The third kappa shape index (κ3) is 3.34. The summed E-state index contributed by atoms with van der Waals surface area (Å²) in [6.07, 6.45) is 5.11. The Morgan fingerprint density at radius 3 is 2.61 bits per heavy atom. The van der Waals surface area contributed by atoms with Crippen LogP contribution >= 0.6 is 0 Å². The van der Waals surface area contributed by atoms with Gasteiger partial charge in [-0.2, -0.15) is 0 Å². The van der Waals surface area contributed by atoms with Gasteiger partial charge >= 0.3 is 0 Å². The second-order valence-electron chi connectivity index (χ2n) is 9.32. The zero-order valence-corrected chi connectivity index (χ0v) is 18.3. The minimum absolute atomic E-state index is 0.173. The first-order valence-electron chi connectivity index (χ1n) is 11.8. The molecular formula is C27H31N3O. The van der Waals surface area contributed by atoms with Gasteiger partial charge in [0.05, 0.1) is 6.04 Å². The number of aromatic amines is 1. The number of nitrogens with one attached hydrogen (secondary N) is 1. The number of benzene rings is 2. The maximum Gasteiger partial charge on any atom is 0.124 e. The lowest BCUT2D eigenvalue weighted by atomic mass is 9.91. The topological polar surface area (TPSA) is 31.5 Å². The molecule has 31 heavy (non-hydrogen) atoms. The average molecular weight is 414 g/mol. The van der Waals surface area contributed by atoms with E-state index in [1.54, 1.807) is 0 Å². The Balaban J connectivity index is 1.28. The van der Waals surface area contributed by atoms with E-state index in [1.165, 1.54) is 46.3 Å². The lowest BCUT2D eigenvalue weighted by molar-refractivity contribution is 0.0143. The van der Waals surface area contributed by atoms with Crippen LogP contribution in [0.3, 0.4) is 0 Å². The number of likely N-dealkylation sites (tertiary alicyclic amines) is 1. The van der Waals surface area contributed by atoms with Crippen molar-refractivity contribution in [1.29, 1.82) is 0 Å². The van der Waals surface area contributed by atoms with Gasteiger partial charge in [0, 0.05) is 48.0 Å². The van der Waals surface area contributed by atoms with Crippen LogP contribution in [0.4, 0.5) is 0 Å². The average Bonchev–Trinajstić information content (AvgIpc) is 3.54. The fourth-order valence-electron chi connectivity index (χ4n) is 5.33. The molecule has 1 saturated carbocycles. The zero-order chi connectivity index (χ0) is 20.9. The number of hydrogen-bond donors (Lipinski definition) is 1. The molecule has 6 rings (SSSR count). The van der Waals surface area contributed by atoms with Crippen molar-refractivity contribution in [2.45, 2.75) is 50.8 Å². The van der Waals surface area contributed by atoms with Crippen LogP contribution in [-0.4, -0.2) is 46.6 Å². The Morgan fingerprint density at radius 1 is 1.10 bits per heavy atom. The summed E-state index contributed by atoms with van der Waals surface area (Å²) in [6.45, 7) is 9.74. The summed E-state index contributed by atoms with van der Waals surface area (Å²) in [6, 6.07) is 18.5. The molecule has 3 heterocycles. The summed E-state index contributed by atoms with van der Waals surface area (Å²) in [4.78, 5) is 8.77. The Morgan fingerprint density at radius 2 is 1.87 bits per heavy atom. The van der Waals surface area contributed by atoms with E-state index in [2.05, 4.69) is 76.8 Å². The summed E-state index contributed by atoms with van der Waals surface area (Å²) in [7, 11) is 0. The Hall–Kier alpha value is -2.72. The van der Waals surface area contributed by atoms with Crippen molar-refractivity contribution in [3.05, 3.63) is 77.6 Å². The van der Waals surface area contributed by atoms with Crippen LogP contribution in [0, 0.1) is 0 Å². The Kier molecular flexibility index (Phi) is 4.57. The van der Waals surface area contributed by atoms with E-state index in [-0.39, 0.29) is 6.04 Å². The summed E-state index contributed by atoms with van der Waals surface area (Å²) in [5, 5.41) is 1.36. The fraction of sp³-hybridized carbons (Fsp3) is 0.407. The highest BCUT2D eigenvalue weighted by molar-refractivity contribution is 5.85. The van der Waals surface area contributed by atoms with E-state index in [0.717, 1.165) is 44.3 Å². The molecule has 3 aromatic rings. The summed E-state index contributed by atoms with van der Waals surface area (Å²) in [5.41, 5.74) is 6.49. The number of nitrogens with zero attached hydrogens (tertiary/aromatic N) is 2. The molecule has 1 aromatic heterocycles. The molecule has 1 aliphatic carbocycles. The maximum atomic E-state index is 6.23. The maximum absolute atomic E-state index is 6.23. The van der Waals surface area contributed by atoms with Crippen LogP contribution in [0.1, 0.15) is 49.0 Å². The number of H-pyrrole nitrogens is 1. The van der Waals surface area contributed by atoms with Crippen LogP contribution in [0.5, 0.6) is 5.75 Å². The van der Waals surface area contributed by atoms with Crippen molar-refractivity contribution in [2.24, 2.45) is 0 Å². The molecule has 1 N–H and O–H groups in total. The lowest BCUT2D eigenvalue weighted by Crippen LogP contribution is -2.54. The first kappa shape index (κ1) is 19.0. The van der Waals surface area contributed by atoms with Crippen molar-refractivity contribution >= 4 is 10.9 Å². The number of aromatic nitrogens is 1. The molecule has 4 nitrogen and oxygen atoms in total. The SMILES string of the molecule is C=C(CC)N1CCc2c([nH]c3ccccc23)[C@H]1c1ccc(OC2CN(C3CC3)C2)cc1. The first-order valence-corrected chi connectivity index (χ1v) is 11.8. The molecule has 1 atom stereocenters. The van der Waals surface area contributed by atoms with E-state index in [4.69, 9.17) is 4.74 Å². The van der Waals surface area contributed by atoms with Gasteiger partial charge in [0.1, 0.15) is 11.9 Å². The third-order valence-corrected chi connectivity index (χ3v) is 7.29. The van der Waals surface area contributed by atoms with Gasteiger partial charge in [-0.15, -0.1) is 0 Å². The molecule has 2 aromatic carbocycles. The van der Waals surface area contributed by atoms with Gasteiger partial charge in [-0.05, 0) is 55.0 Å². The molecule has 2 fully saturated rings. The molecule has 4 heteroatoms. The van der Waals surface area contributed by atoms with Gasteiger partial charge in [-0.25, -0.2) is 0 Å². The van der Waals surface area contributed by atoms with Gasteiger partial charge in [0.15, 0.2) is 0 Å². The lowest BCUT2D eigenvalue weighted by Gasteiger charge is -2.40. The minimum Gasteiger partial charge on any atom is -0.488 e. The number of hydrogen-bond acceptors (Lipinski definition) is 3. The van der Waals surface area contributed by atoms with Crippen LogP contribution in [-0.2, 0) is 6.42 Å². The van der Waals surface area contributed by atoms with Crippen molar-refractivity contribution in [2.75, 3.05) is 19.6 Å². The number of fused-ring (bicyclic) bond motifs is 3. The second-order valence-corrected chi connectivity index (χ2v) is 9.32. The monoisotopic (exact) mass is 413 g/mol. The molecule has 160 valence electrons. The van der Waals surface area contributed by atoms with Crippen LogP contribution < -0.4 is 4.74 Å². The largest absolute Gasteiger partial charge is 0.488 e. The molecular weight excluding hydrogens is 382 g/mol. The molecule has 0 unspecified atom stereocenters. The second kappa shape index (κ2) is 7.45. The van der Waals surface area contributed by atoms with Gasteiger partial charge in [-0.3, -0.25) is 4.90 Å². The number of allylic oxidation sites excluding steroid dienone is 1. The number of ether oxygens (including phenoxy) is 1. The first-order chi connectivity index (χ1) is 15.2. The smallest absolute Gasteiger partial charge is 0.124 e. The van der Waals surface area contributed by atoms with Crippen LogP contribution in [0.15, 0.2) is 60.8 Å². The van der Waals surface area contributed by atoms with E-state index in [1.807, 2.05) is 0 Å². The molecule has 2 aliphatic heterocycles. The quantitative estimate of drug-likeness (QED) is 0.598. The molecule has 1 saturated heterocycles. The van der Waals surface area contributed by atoms with Crippen molar-refractivity contribution in [3.8, 4) is 5.75 Å². The molecule has 0 bridgehead atoms. The van der Waals surface area contributed by atoms with E-state index in [9.17, 15) is 0 Å². The number of para-hydroxylation sites is 1. The highest BCUT2D eigenvalue weighted by Gasteiger charge is 2.39. The van der Waals surface area contributed by atoms with Crippen molar-refractivity contribution in [3.63, 3.8) is 0 Å². The van der Waals surface area contributed by atoms with E-state index >= 15 is 0 Å². The standard InChI is InChI=1S/C27H31N3O/c1-3-18(2)30-15-14-24-23-6-4-5-7-25(23)28-26(24)27(30)19-8-12-21(13-9-19)31-22-16-29(17-22)20-10-11-20/h4-9,12-13,20,22,27-28H,2-3,10-11,14-17H2,1H3/t27-/m1/s1. The predicted octanol–water partition coefficient (Wildman–Crippen LogP) is 5.26. The normalized spacial score (nSPS) is 21.7. The molecule has 0 spiro atoms. The van der Waals surface area contributed by atoms with Crippen molar-refractivity contribution < 1.29 is 4.74 Å². The predicted molar refractivity (Wildman–Crippen MR) is 125 cm³/mol. The minimum atomic E-state index is 0.173. The van der Waals surface area contributed by atoms with Crippen LogP contribution in [0.25, 0.3) is 10.9 Å². The van der Waals surface area contributed by atoms with Gasteiger partial charge in [-0.1, -0.05) is 43.8 Å². The summed E-state index contributed by atoms with van der Waals surface area (Å²) >= 11 is 0. The third-order valence-electron chi connectivity index (χ3n) is 7.29. The van der Waals surface area contributed by atoms with Crippen LogP contribution in [0.2, 0.25) is 0 Å². The zero-order valence-electron chi connectivity index (χ0n) is 18.3. The molecule has 3 aliphatic rings. The molecule has 0 radical (unpaired) electrons. The fourth-order valence-corrected chi connectivity index (χ4v) is 5.33. The summed E-state index contributed by atoms with van der Waals surface area (Å²) in [5.74, 6) is 0.984. The van der Waals surface area contributed by atoms with Gasteiger partial charge in [0.2, 0.25) is 0 Å². The Bertz CT molecular complexity index is 1110. The van der Waals surface area contributed by atoms with E-state index < -0.39 is 0 Å². The Labute approximate surface area is 184 Å². The van der Waals surface area contributed by atoms with E-state index in [0.29, 0.717) is 6.10 Å². The number of rotatable bonds is 6. The summed E-state index contributed by atoms with van der Waals surface area (Å²) < 4.78 is 6.23. The highest BCUT2D eigenvalue weighted by Crippen LogP contribution is 2.41. The van der Waals surface area contributed by atoms with Gasteiger partial charge < -0.3 is 14.6 Å². The van der Waals surface area contributed by atoms with Crippen molar-refractivity contribution in [1.82, 2.24) is 14.8 Å². The molecule has 0 amide bonds.